The summed E-state index contributed by atoms with van der Waals surface area (Å²) in [6, 6.07) is 15.0. The van der Waals surface area contributed by atoms with E-state index >= 15 is 0 Å². The molecule has 2 aromatic rings. The van der Waals surface area contributed by atoms with Crippen molar-refractivity contribution in [1.82, 2.24) is 0 Å². The van der Waals surface area contributed by atoms with E-state index in [9.17, 15) is 0 Å². The molecule has 20 heavy (non-hydrogen) atoms. The number of hydrogen-bond donors (Lipinski definition) is 1. The van der Waals surface area contributed by atoms with E-state index in [-0.39, 0.29) is 0 Å². The lowest BCUT2D eigenvalue weighted by molar-refractivity contribution is 0.412. The zero-order valence-electron chi connectivity index (χ0n) is 12.1. The summed E-state index contributed by atoms with van der Waals surface area (Å²) in [5.74, 6) is 0.927. The Morgan fingerprint density at radius 1 is 1.15 bits per heavy atom. The van der Waals surface area contributed by atoms with Crippen LogP contribution in [0.3, 0.4) is 0 Å². The van der Waals surface area contributed by atoms with Crippen LogP contribution >= 0.6 is 15.9 Å². The van der Waals surface area contributed by atoms with Crippen LogP contribution in [0.15, 0.2) is 46.9 Å². The Bertz CT molecular complexity index is 566. The second-order valence-corrected chi connectivity index (χ2v) is 5.98. The Hall–Kier alpha value is -1.48. The summed E-state index contributed by atoms with van der Waals surface area (Å²) in [6.07, 6.45) is 0.998. The van der Waals surface area contributed by atoms with E-state index in [4.69, 9.17) is 4.74 Å². The molecule has 0 aliphatic rings. The largest absolute Gasteiger partial charge is 0.496 e. The number of methoxy groups -OCH3 is 1. The SMILES string of the molecule is COc1ccc(NC(C)Cc2ccc(Br)cc2)cc1C. The number of rotatable bonds is 5. The van der Waals surface area contributed by atoms with Crippen LogP contribution < -0.4 is 10.1 Å². The van der Waals surface area contributed by atoms with Gasteiger partial charge in [-0.05, 0) is 61.7 Å². The minimum Gasteiger partial charge on any atom is -0.496 e. The van der Waals surface area contributed by atoms with Crippen molar-refractivity contribution >= 4 is 21.6 Å². The van der Waals surface area contributed by atoms with Gasteiger partial charge in [0.1, 0.15) is 5.75 Å². The summed E-state index contributed by atoms with van der Waals surface area (Å²) >= 11 is 3.46. The van der Waals surface area contributed by atoms with E-state index in [0.29, 0.717) is 6.04 Å². The van der Waals surface area contributed by atoms with Crippen molar-refractivity contribution in [3.63, 3.8) is 0 Å². The monoisotopic (exact) mass is 333 g/mol. The highest BCUT2D eigenvalue weighted by atomic mass is 79.9. The molecule has 0 bridgehead atoms. The molecule has 0 aromatic heterocycles. The predicted molar refractivity (Wildman–Crippen MR) is 88.7 cm³/mol. The van der Waals surface area contributed by atoms with Crippen LogP contribution in [-0.4, -0.2) is 13.2 Å². The number of halogens is 1. The van der Waals surface area contributed by atoms with Gasteiger partial charge in [0.05, 0.1) is 7.11 Å². The molecule has 0 radical (unpaired) electrons. The molecule has 1 unspecified atom stereocenters. The molecule has 0 amide bonds. The Morgan fingerprint density at radius 3 is 2.45 bits per heavy atom. The van der Waals surface area contributed by atoms with Crippen LogP contribution in [0.25, 0.3) is 0 Å². The van der Waals surface area contributed by atoms with Crippen molar-refractivity contribution in [3.8, 4) is 5.75 Å². The number of benzene rings is 2. The Labute approximate surface area is 129 Å². The molecule has 2 rings (SSSR count). The number of nitrogens with one attached hydrogen (secondary N) is 1. The van der Waals surface area contributed by atoms with Crippen molar-refractivity contribution in [2.75, 3.05) is 12.4 Å². The maximum absolute atomic E-state index is 5.28. The molecule has 1 atom stereocenters. The first-order chi connectivity index (χ1) is 9.58. The summed E-state index contributed by atoms with van der Waals surface area (Å²) in [6.45, 7) is 4.25. The number of ether oxygens (including phenoxy) is 1. The molecule has 0 saturated carbocycles. The van der Waals surface area contributed by atoms with Gasteiger partial charge in [0, 0.05) is 16.2 Å². The van der Waals surface area contributed by atoms with Gasteiger partial charge in [0.25, 0.3) is 0 Å². The Morgan fingerprint density at radius 2 is 1.85 bits per heavy atom. The second kappa shape index (κ2) is 6.80. The normalized spacial score (nSPS) is 12.0. The summed E-state index contributed by atoms with van der Waals surface area (Å²) in [5.41, 5.74) is 3.61. The molecular formula is C17H20BrNO. The first-order valence-corrected chi connectivity index (χ1v) is 7.53. The summed E-state index contributed by atoms with van der Waals surface area (Å²) < 4.78 is 6.40. The fourth-order valence-corrected chi connectivity index (χ4v) is 2.54. The minimum absolute atomic E-state index is 0.379. The summed E-state index contributed by atoms with van der Waals surface area (Å²) in [7, 11) is 1.70. The molecule has 0 saturated heterocycles. The molecule has 2 nitrogen and oxygen atoms in total. The van der Waals surface area contributed by atoms with E-state index < -0.39 is 0 Å². The number of hydrogen-bond acceptors (Lipinski definition) is 2. The zero-order chi connectivity index (χ0) is 14.5. The molecule has 3 heteroatoms. The van der Waals surface area contributed by atoms with Crippen LogP contribution in [-0.2, 0) is 6.42 Å². The van der Waals surface area contributed by atoms with Gasteiger partial charge in [-0.25, -0.2) is 0 Å². The molecule has 0 spiro atoms. The third-order valence-electron chi connectivity index (χ3n) is 3.26. The third kappa shape index (κ3) is 4.01. The fraction of sp³-hybridized carbons (Fsp3) is 0.294. The number of anilines is 1. The molecular weight excluding hydrogens is 314 g/mol. The summed E-state index contributed by atoms with van der Waals surface area (Å²) in [5, 5.41) is 3.53. The molecule has 0 fully saturated rings. The van der Waals surface area contributed by atoms with Gasteiger partial charge in [-0.15, -0.1) is 0 Å². The quantitative estimate of drug-likeness (QED) is 0.847. The van der Waals surface area contributed by atoms with E-state index in [1.54, 1.807) is 7.11 Å². The van der Waals surface area contributed by atoms with Gasteiger partial charge in [-0.3, -0.25) is 0 Å². The van der Waals surface area contributed by atoms with Crippen LogP contribution in [0.2, 0.25) is 0 Å². The predicted octanol–water partition coefficient (Wildman–Crippen LogP) is 4.81. The Balaban J connectivity index is 1.99. The molecule has 106 valence electrons. The maximum atomic E-state index is 5.28. The highest BCUT2D eigenvalue weighted by Gasteiger charge is 2.05. The van der Waals surface area contributed by atoms with Crippen molar-refractivity contribution in [2.45, 2.75) is 26.3 Å². The average Bonchev–Trinajstić information content (AvgIpc) is 2.41. The molecule has 0 aliphatic heterocycles. The van der Waals surface area contributed by atoms with Gasteiger partial charge < -0.3 is 10.1 Å². The highest BCUT2D eigenvalue weighted by molar-refractivity contribution is 9.10. The first kappa shape index (κ1) is 14.9. The van der Waals surface area contributed by atoms with Gasteiger partial charge in [0.2, 0.25) is 0 Å². The lowest BCUT2D eigenvalue weighted by Gasteiger charge is -2.16. The van der Waals surface area contributed by atoms with Gasteiger partial charge in [0.15, 0.2) is 0 Å². The second-order valence-electron chi connectivity index (χ2n) is 5.06. The van der Waals surface area contributed by atoms with Crippen molar-refractivity contribution in [1.29, 1.82) is 0 Å². The van der Waals surface area contributed by atoms with E-state index in [1.165, 1.54) is 5.56 Å². The third-order valence-corrected chi connectivity index (χ3v) is 3.79. The summed E-state index contributed by atoms with van der Waals surface area (Å²) in [4.78, 5) is 0. The standard InChI is InChI=1S/C17H20BrNO/c1-12-10-16(8-9-17(12)20-3)19-13(2)11-14-4-6-15(18)7-5-14/h4-10,13,19H,11H2,1-3H3. The van der Waals surface area contributed by atoms with Crippen LogP contribution in [0.5, 0.6) is 5.75 Å². The van der Waals surface area contributed by atoms with Crippen LogP contribution in [0.4, 0.5) is 5.69 Å². The topological polar surface area (TPSA) is 21.3 Å². The van der Waals surface area contributed by atoms with Gasteiger partial charge in [-0.1, -0.05) is 28.1 Å². The highest BCUT2D eigenvalue weighted by Crippen LogP contribution is 2.22. The van der Waals surface area contributed by atoms with Crippen LogP contribution in [0.1, 0.15) is 18.1 Å². The van der Waals surface area contributed by atoms with E-state index in [1.807, 2.05) is 6.07 Å². The van der Waals surface area contributed by atoms with Gasteiger partial charge in [-0.2, -0.15) is 0 Å². The molecule has 1 N–H and O–H groups in total. The smallest absolute Gasteiger partial charge is 0.121 e. The van der Waals surface area contributed by atoms with Gasteiger partial charge >= 0.3 is 0 Å². The lowest BCUT2D eigenvalue weighted by atomic mass is 10.1. The van der Waals surface area contributed by atoms with Crippen LogP contribution in [0, 0.1) is 6.92 Å². The van der Waals surface area contributed by atoms with E-state index in [2.05, 4.69) is 71.5 Å². The minimum atomic E-state index is 0.379. The molecule has 2 aromatic carbocycles. The molecule has 0 aliphatic carbocycles. The van der Waals surface area contributed by atoms with Crippen molar-refractivity contribution in [2.24, 2.45) is 0 Å². The van der Waals surface area contributed by atoms with E-state index in [0.717, 1.165) is 27.9 Å². The van der Waals surface area contributed by atoms with Crippen molar-refractivity contribution < 1.29 is 4.74 Å². The molecule has 0 heterocycles. The Kier molecular flexibility index (Phi) is 5.07. The first-order valence-electron chi connectivity index (χ1n) is 6.74. The number of aryl methyl sites for hydroxylation is 1. The average molecular weight is 334 g/mol. The van der Waals surface area contributed by atoms with Crippen molar-refractivity contribution in [3.05, 3.63) is 58.1 Å². The lowest BCUT2D eigenvalue weighted by Crippen LogP contribution is -2.18. The fourth-order valence-electron chi connectivity index (χ4n) is 2.28. The zero-order valence-corrected chi connectivity index (χ0v) is 13.7. The maximum Gasteiger partial charge on any atom is 0.121 e.